The van der Waals surface area contributed by atoms with E-state index in [0.29, 0.717) is 6.04 Å². The zero-order valence-electron chi connectivity index (χ0n) is 10.4. The number of benzene rings is 1. The summed E-state index contributed by atoms with van der Waals surface area (Å²) in [5.41, 5.74) is 2.08. The zero-order valence-corrected chi connectivity index (χ0v) is 11.2. The van der Waals surface area contributed by atoms with Crippen LogP contribution in [0.3, 0.4) is 0 Å². The number of aryl methyl sites for hydroxylation is 1. The van der Waals surface area contributed by atoms with Gasteiger partial charge in [-0.25, -0.2) is 0 Å². The van der Waals surface area contributed by atoms with Crippen molar-refractivity contribution in [2.75, 3.05) is 5.32 Å². The summed E-state index contributed by atoms with van der Waals surface area (Å²) in [6.07, 6.45) is 3.27. The van der Waals surface area contributed by atoms with Gasteiger partial charge in [0.15, 0.2) is 0 Å². The Morgan fingerprint density at radius 3 is 2.56 bits per heavy atom. The van der Waals surface area contributed by atoms with E-state index in [4.69, 9.17) is 16.7 Å². The van der Waals surface area contributed by atoms with Gasteiger partial charge in [-0.05, 0) is 50.3 Å². The van der Waals surface area contributed by atoms with E-state index >= 15 is 0 Å². The normalized spacial score (nSPS) is 23.7. The van der Waals surface area contributed by atoms with E-state index in [-0.39, 0.29) is 5.92 Å². The molecule has 2 N–H and O–H groups in total. The summed E-state index contributed by atoms with van der Waals surface area (Å²) in [5.74, 6) is -0.835. The van der Waals surface area contributed by atoms with Crippen molar-refractivity contribution in [3.05, 3.63) is 28.8 Å². The van der Waals surface area contributed by atoms with Crippen molar-refractivity contribution in [1.29, 1.82) is 0 Å². The van der Waals surface area contributed by atoms with Crippen LogP contribution in [0.4, 0.5) is 5.69 Å². The molecule has 0 spiro atoms. The third-order valence-electron chi connectivity index (χ3n) is 3.56. The summed E-state index contributed by atoms with van der Waals surface area (Å²) in [7, 11) is 0. The molecule has 1 aliphatic rings. The molecule has 18 heavy (non-hydrogen) atoms. The van der Waals surface area contributed by atoms with Gasteiger partial charge in [0, 0.05) is 6.04 Å². The fourth-order valence-electron chi connectivity index (χ4n) is 2.44. The van der Waals surface area contributed by atoms with Crippen LogP contribution in [-0.2, 0) is 4.79 Å². The molecule has 1 aromatic carbocycles. The molecule has 1 saturated carbocycles. The van der Waals surface area contributed by atoms with Gasteiger partial charge in [0.05, 0.1) is 16.6 Å². The number of carboxylic acid groups (broad SMARTS) is 1. The van der Waals surface area contributed by atoms with E-state index < -0.39 is 5.97 Å². The number of rotatable bonds is 3. The van der Waals surface area contributed by atoms with E-state index in [1.54, 1.807) is 0 Å². The van der Waals surface area contributed by atoms with Crippen molar-refractivity contribution < 1.29 is 9.90 Å². The highest BCUT2D eigenvalue weighted by atomic mass is 35.5. The number of hydrogen-bond acceptors (Lipinski definition) is 2. The highest BCUT2D eigenvalue weighted by Gasteiger charge is 2.25. The number of nitrogens with one attached hydrogen (secondary N) is 1. The number of carboxylic acids is 1. The van der Waals surface area contributed by atoms with Gasteiger partial charge in [0.25, 0.3) is 0 Å². The molecule has 0 bridgehead atoms. The van der Waals surface area contributed by atoms with Gasteiger partial charge in [-0.15, -0.1) is 0 Å². The summed E-state index contributed by atoms with van der Waals surface area (Å²) in [6, 6.07) is 6.28. The number of anilines is 1. The SMILES string of the molecule is Cc1ccc(NC2CCC(C(=O)O)CC2)c(Cl)c1. The quantitative estimate of drug-likeness (QED) is 0.878. The maximum Gasteiger partial charge on any atom is 0.306 e. The third-order valence-corrected chi connectivity index (χ3v) is 3.87. The van der Waals surface area contributed by atoms with Gasteiger partial charge in [-0.2, -0.15) is 0 Å². The Hall–Kier alpha value is -1.22. The van der Waals surface area contributed by atoms with E-state index in [2.05, 4.69) is 5.32 Å². The molecule has 0 saturated heterocycles. The summed E-state index contributed by atoms with van der Waals surface area (Å²) in [5, 5.41) is 13.1. The minimum absolute atomic E-state index is 0.170. The molecule has 0 radical (unpaired) electrons. The highest BCUT2D eigenvalue weighted by molar-refractivity contribution is 6.33. The lowest BCUT2D eigenvalue weighted by Gasteiger charge is -2.28. The van der Waals surface area contributed by atoms with E-state index in [1.807, 2.05) is 25.1 Å². The second kappa shape index (κ2) is 5.61. The van der Waals surface area contributed by atoms with Crippen LogP contribution < -0.4 is 5.32 Å². The van der Waals surface area contributed by atoms with Gasteiger partial charge < -0.3 is 10.4 Å². The van der Waals surface area contributed by atoms with Crippen molar-refractivity contribution in [1.82, 2.24) is 0 Å². The number of aliphatic carboxylic acids is 1. The van der Waals surface area contributed by atoms with Gasteiger partial charge in [-0.1, -0.05) is 17.7 Å². The Balaban J connectivity index is 1.93. The van der Waals surface area contributed by atoms with Crippen LogP contribution in [0.25, 0.3) is 0 Å². The molecule has 4 heteroatoms. The van der Waals surface area contributed by atoms with Crippen molar-refractivity contribution in [3.8, 4) is 0 Å². The third kappa shape index (κ3) is 3.16. The lowest BCUT2D eigenvalue weighted by Crippen LogP contribution is -2.29. The monoisotopic (exact) mass is 267 g/mol. The van der Waals surface area contributed by atoms with Crippen molar-refractivity contribution >= 4 is 23.3 Å². The standard InChI is InChI=1S/C14H18ClNO2/c1-9-2-7-13(12(15)8-9)16-11-5-3-10(4-6-11)14(17)18/h2,7-8,10-11,16H,3-6H2,1H3,(H,17,18). The Labute approximate surface area is 112 Å². The zero-order chi connectivity index (χ0) is 13.1. The predicted octanol–water partition coefficient (Wildman–Crippen LogP) is 3.70. The molecule has 0 heterocycles. The molecule has 0 aromatic heterocycles. The average Bonchev–Trinajstić information content (AvgIpc) is 2.33. The van der Waals surface area contributed by atoms with Crippen LogP contribution in [-0.4, -0.2) is 17.1 Å². The summed E-state index contributed by atoms with van der Waals surface area (Å²) < 4.78 is 0. The molecule has 2 rings (SSSR count). The van der Waals surface area contributed by atoms with E-state index in [1.165, 1.54) is 0 Å². The first-order valence-corrected chi connectivity index (χ1v) is 6.69. The number of halogens is 1. The Bertz CT molecular complexity index is 439. The largest absolute Gasteiger partial charge is 0.481 e. The predicted molar refractivity (Wildman–Crippen MR) is 73.2 cm³/mol. The summed E-state index contributed by atoms with van der Waals surface area (Å²) in [6.45, 7) is 2.01. The number of hydrogen-bond donors (Lipinski definition) is 2. The van der Waals surface area contributed by atoms with E-state index in [0.717, 1.165) is 42.0 Å². The van der Waals surface area contributed by atoms with Crippen molar-refractivity contribution in [3.63, 3.8) is 0 Å². The van der Waals surface area contributed by atoms with E-state index in [9.17, 15) is 4.79 Å². The fraction of sp³-hybridized carbons (Fsp3) is 0.500. The topological polar surface area (TPSA) is 49.3 Å². The Morgan fingerprint density at radius 2 is 2.00 bits per heavy atom. The Morgan fingerprint density at radius 1 is 1.33 bits per heavy atom. The first-order valence-electron chi connectivity index (χ1n) is 6.32. The second-order valence-corrected chi connectivity index (χ2v) is 5.42. The summed E-state index contributed by atoms with van der Waals surface area (Å²) >= 11 is 6.17. The lowest BCUT2D eigenvalue weighted by atomic mass is 9.86. The van der Waals surface area contributed by atoms with Crippen LogP contribution >= 0.6 is 11.6 Å². The minimum atomic E-state index is -0.665. The smallest absolute Gasteiger partial charge is 0.306 e. The molecule has 0 atom stereocenters. The van der Waals surface area contributed by atoms with Crippen LogP contribution in [0.1, 0.15) is 31.2 Å². The van der Waals surface area contributed by atoms with Crippen LogP contribution in [0.2, 0.25) is 5.02 Å². The lowest BCUT2D eigenvalue weighted by molar-refractivity contribution is -0.142. The fourth-order valence-corrected chi connectivity index (χ4v) is 2.73. The molecule has 0 unspecified atom stereocenters. The molecule has 3 nitrogen and oxygen atoms in total. The highest BCUT2D eigenvalue weighted by Crippen LogP contribution is 2.29. The van der Waals surface area contributed by atoms with Crippen LogP contribution in [0.15, 0.2) is 18.2 Å². The molecule has 98 valence electrons. The minimum Gasteiger partial charge on any atom is -0.481 e. The molecule has 0 aliphatic heterocycles. The maximum atomic E-state index is 10.9. The average molecular weight is 268 g/mol. The van der Waals surface area contributed by atoms with Gasteiger partial charge in [0.1, 0.15) is 0 Å². The molecular formula is C14H18ClNO2. The second-order valence-electron chi connectivity index (χ2n) is 5.01. The van der Waals surface area contributed by atoms with Gasteiger partial charge >= 0.3 is 5.97 Å². The molecule has 1 aliphatic carbocycles. The first-order chi connectivity index (χ1) is 8.56. The maximum absolute atomic E-state index is 10.9. The molecule has 1 aromatic rings. The van der Waals surface area contributed by atoms with Crippen LogP contribution in [0, 0.1) is 12.8 Å². The van der Waals surface area contributed by atoms with Crippen molar-refractivity contribution in [2.24, 2.45) is 5.92 Å². The van der Waals surface area contributed by atoms with Gasteiger partial charge in [0.2, 0.25) is 0 Å². The molecule has 1 fully saturated rings. The first kappa shape index (κ1) is 13.2. The van der Waals surface area contributed by atoms with Crippen LogP contribution in [0.5, 0.6) is 0 Å². The Kier molecular flexibility index (Phi) is 4.12. The molecule has 0 amide bonds. The molecular weight excluding hydrogens is 250 g/mol. The van der Waals surface area contributed by atoms with Crippen molar-refractivity contribution in [2.45, 2.75) is 38.6 Å². The number of carbonyl (C=O) groups is 1. The van der Waals surface area contributed by atoms with Gasteiger partial charge in [-0.3, -0.25) is 4.79 Å². The summed E-state index contributed by atoms with van der Waals surface area (Å²) in [4.78, 5) is 10.9.